The molecule has 1 saturated heterocycles. The topological polar surface area (TPSA) is 68.3 Å². The van der Waals surface area contributed by atoms with Crippen LogP contribution in [0.25, 0.3) is 5.57 Å². The molecule has 0 aliphatic carbocycles. The number of ether oxygens (including phenoxy) is 2. The van der Waals surface area contributed by atoms with E-state index in [-0.39, 0.29) is 0 Å². The van der Waals surface area contributed by atoms with E-state index in [0.717, 1.165) is 54.6 Å². The Balaban J connectivity index is 1.48. The zero-order chi connectivity index (χ0) is 18.1. The third-order valence-electron chi connectivity index (χ3n) is 5.65. The maximum atomic E-state index is 6.14. The molecule has 3 aliphatic rings. The Bertz CT molecular complexity index is 874. The minimum atomic E-state index is 0.469. The quantitative estimate of drug-likeness (QED) is 0.851. The first-order valence-corrected chi connectivity index (χ1v) is 9.74. The van der Waals surface area contributed by atoms with E-state index >= 15 is 0 Å². The van der Waals surface area contributed by atoms with Crippen LogP contribution < -0.4 is 15.4 Å². The van der Waals surface area contributed by atoms with Gasteiger partial charge in [-0.15, -0.1) is 0 Å². The van der Waals surface area contributed by atoms with Crippen molar-refractivity contribution in [2.45, 2.75) is 31.8 Å². The molecular weight excluding hydrogens is 340 g/mol. The third-order valence-corrected chi connectivity index (χ3v) is 5.65. The van der Waals surface area contributed by atoms with Crippen molar-refractivity contribution in [1.82, 2.24) is 15.3 Å². The zero-order valence-corrected chi connectivity index (χ0v) is 15.3. The molecule has 1 aromatic heterocycles. The molecule has 1 fully saturated rings. The maximum absolute atomic E-state index is 6.14. The first kappa shape index (κ1) is 16.7. The molecule has 6 nitrogen and oxygen atoms in total. The van der Waals surface area contributed by atoms with Crippen LogP contribution in [-0.4, -0.2) is 36.3 Å². The number of aromatic nitrogens is 2. The van der Waals surface area contributed by atoms with Gasteiger partial charge in [0.1, 0.15) is 24.5 Å². The van der Waals surface area contributed by atoms with Crippen molar-refractivity contribution >= 4 is 17.1 Å². The number of fused-ring (bicyclic) bond motifs is 2. The van der Waals surface area contributed by atoms with Gasteiger partial charge in [-0.3, -0.25) is 0 Å². The fourth-order valence-corrected chi connectivity index (χ4v) is 4.13. The van der Waals surface area contributed by atoms with E-state index in [9.17, 15) is 0 Å². The highest BCUT2D eigenvalue weighted by molar-refractivity contribution is 5.74. The van der Waals surface area contributed by atoms with E-state index in [1.165, 1.54) is 24.0 Å². The molecule has 0 atom stereocenters. The summed E-state index contributed by atoms with van der Waals surface area (Å²) in [6, 6.07) is 6.53. The van der Waals surface area contributed by atoms with Crippen molar-refractivity contribution < 1.29 is 9.47 Å². The van der Waals surface area contributed by atoms with Crippen molar-refractivity contribution in [1.29, 1.82) is 0 Å². The monoisotopic (exact) mass is 364 g/mol. The average molecular weight is 364 g/mol. The highest BCUT2D eigenvalue weighted by atomic mass is 16.5. The van der Waals surface area contributed by atoms with E-state index in [0.29, 0.717) is 19.1 Å². The molecule has 0 amide bonds. The fourth-order valence-electron chi connectivity index (χ4n) is 4.13. The van der Waals surface area contributed by atoms with Gasteiger partial charge >= 0.3 is 0 Å². The van der Waals surface area contributed by atoms with Crippen LogP contribution in [-0.2, 0) is 11.3 Å². The van der Waals surface area contributed by atoms with Crippen LogP contribution in [0.5, 0.6) is 5.75 Å². The number of rotatable bonds is 2. The van der Waals surface area contributed by atoms with E-state index < -0.39 is 0 Å². The lowest BCUT2D eigenvalue weighted by Crippen LogP contribution is -2.26. The fraction of sp³-hybridized carbons (Fsp3) is 0.429. The Morgan fingerprint density at radius 3 is 2.89 bits per heavy atom. The molecule has 0 saturated carbocycles. The second-order valence-corrected chi connectivity index (χ2v) is 7.30. The predicted molar refractivity (Wildman–Crippen MR) is 104 cm³/mol. The molecule has 0 unspecified atom stereocenters. The first-order valence-electron chi connectivity index (χ1n) is 9.74. The van der Waals surface area contributed by atoms with Gasteiger partial charge in [-0.1, -0.05) is 12.1 Å². The highest BCUT2D eigenvalue weighted by Crippen LogP contribution is 2.38. The van der Waals surface area contributed by atoms with Crippen molar-refractivity contribution in [3.63, 3.8) is 0 Å². The maximum Gasteiger partial charge on any atom is 0.143 e. The van der Waals surface area contributed by atoms with Crippen LogP contribution in [0, 0.1) is 0 Å². The molecule has 140 valence electrons. The number of piperidine rings is 1. The standard InChI is InChI=1S/C21H24N4O2/c1-2-19-18(11-16(1)14-3-7-22-8-4-14)25-21-17(12-27-19)20(23-13-24-21)15-5-9-26-10-6-15/h1-2,5,11,13-14,22H,3-4,6-10,12H2,(H,23,24,25). The second-order valence-electron chi connectivity index (χ2n) is 7.30. The number of hydrogen-bond acceptors (Lipinski definition) is 6. The second kappa shape index (κ2) is 7.29. The summed E-state index contributed by atoms with van der Waals surface area (Å²) >= 11 is 0. The molecule has 6 heteroatoms. The van der Waals surface area contributed by atoms with Crippen LogP contribution in [0.4, 0.5) is 11.5 Å². The normalized spacial score (nSPS) is 19.8. The summed E-state index contributed by atoms with van der Waals surface area (Å²) in [4.78, 5) is 9.05. The summed E-state index contributed by atoms with van der Waals surface area (Å²) in [7, 11) is 0. The lowest BCUT2D eigenvalue weighted by molar-refractivity contribution is 0.161. The van der Waals surface area contributed by atoms with E-state index in [4.69, 9.17) is 9.47 Å². The molecule has 2 aromatic rings. The van der Waals surface area contributed by atoms with Crippen LogP contribution in [0.3, 0.4) is 0 Å². The molecule has 0 spiro atoms. The minimum Gasteiger partial charge on any atom is -0.486 e. The summed E-state index contributed by atoms with van der Waals surface area (Å²) in [6.45, 7) is 4.02. The van der Waals surface area contributed by atoms with E-state index in [1.54, 1.807) is 6.33 Å². The SMILES string of the molecule is C1=C(c2ncnc3c2COc2ccc(C4CCNCC4)cc2N3)CCOC1. The Labute approximate surface area is 159 Å². The van der Waals surface area contributed by atoms with Gasteiger partial charge in [0, 0.05) is 0 Å². The molecule has 1 aromatic carbocycles. The van der Waals surface area contributed by atoms with Gasteiger partial charge in [-0.05, 0) is 61.5 Å². The zero-order valence-electron chi connectivity index (χ0n) is 15.3. The van der Waals surface area contributed by atoms with Gasteiger partial charge in [0.25, 0.3) is 0 Å². The van der Waals surface area contributed by atoms with Crippen molar-refractivity contribution in [2.75, 3.05) is 31.6 Å². The molecular formula is C21H24N4O2. The van der Waals surface area contributed by atoms with Gasteiger partial charge in [-0.2, -0.15) is 0 Å². The average Bonchev–Trinajstić information content (AvgIpc) is 2.93. The smallest absolute Gasteiger partial charge is 0.143 e. The Hall–Kier alpha value is -2.44. The molecule has 5 rings (SSSR count). The molecule has 0 radical (unpaired) electrons. The summed E-state index contributed by atoms with van der Waals surface area (Å²) in [5, 5.41) is 6.95. The van der Waals surface area contributed by atoms with Crippen LogP contribution >= 0.6 is 0 Å². The van der Waals surface area contributed by atoms with Crippen molar-refractivity contribution in [3.05, 3.63) is 47.4 Å². The highest BCUT2D eigenvalue weighted by Gasteiger charge is 2.23. The Morgan fingerprint density at radius 1 is 1.11 bits per heavy atom. The molecule has 4 heterocycles. The summed E-state index contributed by atoms with van der Waals surface area (Å²) < 4.78 is 11.6. The van der Waals surface area contributed by atoms with Gasteiger partial charge < -0.3 is 20.1 Å². The number of anilines is 2. The minimum absolute atomic E-state index is 0.469. The molecule has 3 aliphatic heterocycles. The van der Waals surface area contributed by atoms with Crippen LogP contribution in [0.15, 0.2) is 30.6 Å². The number of nitrogens with zero attached hydrogens (tertiary/aromatic N) is 2. The van der Waals surface area contributed by atoms with Gasteiger partial charge in [0.2, 0.25) is 0 Å². The van der Waals surface area contributed by atoms with Crippen LogP contribution in [0.1, 0.15) is 42.0 Å². The predicted octanol–water partition coefficient (Wildman–Crippen LogP) is 3.38. The molecule has 27 heavy (non-hydrogen) atoms. The summed E-state index contributed by atoms with van der Waals surface area (Å²) in [5.74, 6) is 2.32. The summed E-state index contributed by atoms with van der Waals surface area (Å²) in [5.41, 5.74) is 5.57. The third kappa shape index (κ3) is 3.31. The van der Waals surface area contributed by atoms with Gasteiger partial charge in [0.15, 0.2) is 0 Å². The Morgan fingerprint density at radius 2 is 2.04 bits per heavy atom. The Kier molecular flexibility index (Phi) is 4.51. The van der Waals surface area contributed by atoms with Gasteiger partial charge in [-0.25, -0.2) is 9.97 Å². The van der Waals surface area contributed by atoms with Gasteiger partial charge in [0.05, 0.1) is 30.2 Å². The number of hydrogen-bond donors (Lipinski definition) is 2. The van der Waals surface area contributed by atoms with E-state index in [2.05, 4.69) is 44.9 Å². The lowest BCUT2D eigenvalue weighted by Gasteiger charge is -2.23. The number of nitrogens with one attached hydrogen (secondary N) is 2. The first-order chi connectivity index (χ1) is 13.4. The summed E-state index contributed by atoms with van der Waals surface area (Å²) in [6.07, 6.45) is 6.98. The van der Waals surface area contributed by atoms with E-state index in [1.807, 2.05) is 0 Å². The largest absolute Gasteiger partial charge is 0.486 e. The molecule has 0 bridgehead atoms. The van der Waals surface area contributed by atoms with Crippen molar-refractivity contribution in [2.24, 2.45) is 0 Å². The van der Waals surface area contributed by atoms with Crippen LogP contribution in [0.2, 0.25) is 0 Å². The number of benzene rings is 1. The van der Waals surface area contributed by atoms with Crippen molar-refractivity contribution in [3.8, 4) is 5.75 Å². The molecule has 2 N–H and O–H groups in total. The lowest BCUT2D eigenvalue weighted by atomic mass is 9.90.